The van der Waals surface area contributed by atoms with Crippen molar-refractivity contribution >= 4 is 7.82 Å². The van der Waals surface area contributed by atoms with E-state index in [2.05, 4.69) is 4.52 Å². The summed E-state index contributed by atoms with van der Waals surface area (Å²) >= 11 is 0. The summed E-state index contributed by atoms with van der Waals surface area (Å²) in [6.07, 6.45) is 0. The molecule has 0 aliphatic carbocycles. The molecule has 0 aromatic heterocycles. The highest BCUT2D eigenvalue weighted by Gasteiger charge is 2.11. The third-order valence-electron chi connectivity index (χ3n) is 0.473. The van der Waals surface area contributed by atoms with Gasteiger partial charge in [-0.1, -0.05) is 0 Å². The third-order valence-corrected chi connectivity index (χ3v) is 0.992. The summed E-state index contributed by atoms with van der Waals surface area (Å²) in [5.74, 6) is 0. The maximum Gasteiger partial charge on any atom is 0.469 e. The molecule has 0 bridgehead atoms. The Bertz CT molecular complexity index is 110. The van der Waals surface area contributed by atoms with Crippen LogP contribution >= 0.6 is 7.82 Å². The van der Waals surface area contributed by atoms with Crippen LogP contribution in [0, 0.1) is 0 Å². The van der Waals surface area contributed by atoms with Crippen molar-refractivity contribution in [2.45, 2.75) is 0 Å². The predicted octanol–water partition coefficient (Wildman–Crippen LogP) is -0.926. The zero-order valence-electron chi connectivity index (χ0n) is 4.52. The van der Waals surface area contributed by atoms with Crippen LogP contribution in [-0.2, 0) is 9.09 Å². The van der Waals surface area contributed by atoms with Gasteiger partial charge in [-0.3, -0.25) is 4.52 Å². The lowest BCUT2D eigenvalue weighted by Gasteiger charge is -2.02. The molecule has 9 heavy (non-hydrogen) atoms. The van der Waals surface area contributed by atoms with Crippen LogP contribution in [0.5, 0.6) is 0 Å². The van der Waals surface area contributed by atoms with Crippen molar-refractivity contribution in [1.82, 2.24) is 5.48 Å². The van der Waals surface area contributed by atoms with Gasteiger partial charge in [-0.15, -0.1) is 0 Å². The van der Waals surface area contributed by atoms with Crippen LogP contribution in [0.3, 0.4) is 0 Å². The smallest absolute Gasteiger partial charge is 0.317 e. The molecule has 56 valence electrons. The Balaban J connectivity index is 3.18. The van der Waals surface area contributed by atoms with Crippen LogP contribution < -0.4 is 5.48 Å². The Hall–Kier alpha value is 0.0300. The normalized spacial score (nSPS) is 11.9. The second-order valence-corrected chi connectivity index (χ2v) is 2.47. The maximum atomic E-state index is 9.87. The minimum Gasteiger partial charge on any atom is -0.317 e. The lowest BCUT2D eigenvalue weighted by molar-refractivity contribution is 0.130. The van der Waals surface area contributed by atoms with E-state index in [1.54, 1.807) is 5.48 Å². The van der Waals surface area contributed by atoms with E-state index in [0.717, 1.165) is 0 Å². The van der Waals surface area contributed by atoms with Gasteiger partial charge in [-0.2, -0.15) is 0 Å². The first kappa shape index (κ1) is 9.03. The summed E-state index contributed by atoms with van der Waals surface area (Å²) in [4.78, 5) is 16.0. The lowest BCUT2D eigenvalue weighted by Crippen LogP contribution is -2.13. The number of phosphoric ester groups is 1. The molecule has 0 aliphatic heterocycles. The Kier molecular flexibility index (Phi) is 3.96. The number of rotatable bonds is 4. The van der Waals surface area contributed by atoms with Crippen molar-refractivity contribution in [1.29, 1.82) is 0 Å². The number of nitrogens with one attached hydrogen (secondary N) is 1. The van der Waals surface area contributed by atoms with Crippen LogP contribution in [-0.4, -0.2) is 28.1 Å². The molecule has 6 nitrogen and oxygen atoms in total. The van der Waals surface area contributed by atoms with Gasteiger partial charge in [-0.25, -0.2) is 10.0 Å². The Morgan fingerprint density at radius 3 is 2.44 bits per heavy atom. The first-order valence-electron chi connectivity index (χ1n) is 2.13. The van der Waals surface area contributed by atoms with E-state index in [-0.39, 0.29) is 13.2 Å². The first-order chi connectivity index (χ1) is 4.06. The topological polar surface area (TPSA) is 99.0 Å². The molecular formula is C2H8NO5P. The molecule has 7 heteroatoms. The second kappa shape index (κ2) is 3.94. The molecule has 0 unspecified atom stereocenters. The second-order valence-electron chi connectivity index (χ2n) is 1.23. The molecule has 0 spiro atoms. The van der Waals surface area contributed by atoms with Crippen LogP contribution in [0.2, 0.25) is 0 Å². The monoisotopic (exact) mass is 157 g/mol. The van der Waals surface area contributed by atoms with Crippen LogP contribution in [0.25, 0.3) is 0 Å². The van der Waals surface area contributed by atoms with Crippen molar-refractivity contribution in [3.8, 4) is 0 Å². The van der Waals surface area contributed by atoms with Crippen molar-refractivity contribution in [2.24, 2.45) is 0 Å². The zero-order chi connectivity index (χ0) is 7.33. The van der Waals surface area contributed by atoms with E-state index in [4.69, 9.17) is 15.0 Å². The van der Waals surface area contributed by atoms with Gasteiger partial charge in [0, 0.05) is 6.54 Å². The van der Waals surface area contributed by atoms with E-state index >= 15 is 0 Å². The fraction of sp³-hybridized carbons (Fsp3) is 1.00. The average Bonchev–Trinajstić information content (AvgIpc) is 1.63. The molecule has 0 rings (SSSR count). The highest BCUT2D eigenvalue weighted by atomic mass is 31.2. The van der Waals surface area contributed by atoms with E-state index in [0.29, 0.717) is 0 Å². The molecule has 0 atom stereocenters. The van der Waals surface area contributed by atoms with E-state index < -0.39 is 7.82 Å². The molecule has 0 aromatic carbocycles. The molecular weight excluding hydrogens is 149 g/mol. The van der Waals surface area contributed by atoms with Crippen molar-refractivity contribution in [2.75, 3.05) is 13.2 Å². The van der Waals surface area contributed by atoms with E-state index in [1.807, 2.05) is 0 Å². The Labute approximate surface area is 51.7 Å². The lowest BCUT2D eigenvalue weighted by atomic mass is 10.8. The molecule has 0 aromatic rings. The van der Waals surface area contributed by atoms with Gasteiger partial charge in [0.25, 0.3) is 0 Å². The van der Waals surface area contributed by atoms with E-state index in [1.165, 1.54) is 0 Å². The summed E-state index contributed by atoms with van der Waals surface area (Å²) in [5.41, 5.74) is 1.67. The van der Waals surface area contributed by atoms with Gasteiger partial charge in [-0.05, 0) is 0 Å². The molecule has 0 fully saturated rings. The van der Waals surface area contributed by atoms with Gasteiger partial charge in [0.05, 0.1) is 6.61 Å². The van der Waals surface area contributed by atoms with E-state index in [9.17, 15) is 4.57 Å². The largest absolute Gasteiger partial charge is 0.469 e. The quantitative estimate of drug-likeness (QED) is 0.239. The summed E-state index contributed by atoms with van der Waals surface area (Å²) in [5, 5.41) is 7.88. The van der Waals surface area contributed by atoms with Crippen LogP contribution in [0.1, 0.15) is 0 Å². The number of phosphoric acid groups is 1. The zero-order valence-corrected chi connectivity index (χ0v) is 5.41. The van der Waals surface area contributed by atoms with Gasteiger partial charge in [0.1, 0.15) is 0 Å². The van der Waals surface area contributed by atoms with Gasteiger partial charge >= 0.3 is 7.82 Å². The van der Waals surface area contributed by atoms with Crippen molar-refractivity contribution < 1.29 is 24.1 Å². The number of hydroxylamine groups is 1. The van der Waals surface area contributed by atoms with Gasteiger partial charge in [0.15, 0.2) is 0 Å². The summed E-state index contributed by atoms with van der Waals surface area (Å²) in [6.45, 7) is -0.230. The molecule has 0 heterocycles. The van der Waals surface area contributed by atoms with Gasteiger partial charge in [0.2, 0.25) is 0 Å². The SMILES string of the molecule is O=P(O)(O)OCCNO. The summed E-state index contributed by atoms with van der Waals surface area (Å²) < 4.78 is 13.8. The standard InChI is InChI=1S/C2H8NO5P/c4-3-1-2-8-9(5,6)7/h3-4H,1-2H2,(H2,5,6,7). The molecule has 0 saturated heterocycles. The highest BCUT2D eigenvalue weighted by Crippen LogP contribution is 2.34. The number of hydrogen-bond donors (Lipinski definition) is 4. The molecule has 0 saturated carbocycles. The Morgan fingerprint density at radius 2 is 2.11 bits per heavy atom. The van der Waals surface area contributed by atoms with Crippen LogP contribution in [0.15, 0.2) is 0 Å². The average molecular weight is 157 g/mol. The predicted molar refractivity (Wildman–Crippen MR) is 27.8 cm³/mol. The molecule has 4 N–H and O–H groups in total. The van der Waals surface area contributed by atoms with Crippen LogP contribution in [0.4, 0.5) is 0 Å². The third kappa shape index (κ3) is 8.03. The van der Waals surface area contributed by atoms with Crippen molar-refractivity contribution in [3.05, 3.63) is 0 Å². The first-order valence-corrected chi connectivity index (χ1v) is 3.66. The summed E-state index contributed by atoms with van der Waals surface area (Å²) in [6, 6.07) is 0. The molecule has 0 amide bonds. The highest BCUT2D eigenvalue weighted by molar-refractivity contribution is 7.46. The molecule has 0 aliphatic rings. The minimum atomic E-state index is -4.35. The van der Waals surface area contributed by atoms with Gasteiger partial charge < -0.3 is 15.0 Å². The fourth-order valence-corrected chi connectivity index (χ4v) is 0.539. The number of hydrogen-bond acceptors (Lipinski definition) is 4. The maximum absolute atomic E-state index is 9.87. The Morgan fingerprint density at radius 1 is 1.56 bits per heavy atom. The molecule has 0 radical (unpaired) electrons. The summed E-state index contributed by atoms with van der Waals surface area (Å²) in [7, 11) is -4.35. The van der Waals surface area contributed by atoms with Crippen molar-refractivity contribution in [3.63, 3.8) is 0 Å². The fourth-order valence-electron chi connectivity index (χ4n) is 0.210. The minimum absolute atomic E-state index is 0.00882.